The molecule has 2 heterocycles. The van der Waals surface area contributed by atoms with Gasteiger partial charge in [0.05, 0.1) is 0 Å². The molecule has 0 amide bonds. The van der Waals surface area contributed by atoms with Crippen molar-refractivity contribution in [1.29, 1.82) is 0 Å². The van der Waals surface area contributed by atoms with Crippen LogP contribution in [0.15, 0.2) is 28.7 Å². The number of aliphatic carboxylic acids is 1. The zero-order valence-corrected chi connectivity index (χ0v) is 11.6. The van der Waals surface area contributed by atoms with Crippen LogP contribution in [0, 0.1) is 6.92 Å². The average Bonchev–Trinajstić information content (AvgIpc) is 2.76. The van der Waals surface area contributed by atoms with Crippen molar-refractivity contribution in [3.63, 3.8) is 0 Å². The fourth-order valence-corrected chi connectivity index (χ4v) is 3.08. The Labute approximate surface area is 118 Å². The van der Waals surface area contributed by atoms with Gasteiger partial charge >= 0.3 is 5.97 Å². The third-order valence-corrected chi connectivity index (χ3v) is 4.16. The maximum Gasteiger partial charge on any atom is 0.320 e. The van der Waals surface area contributed by atoms with Crippen LogP contribution in [0.5, 0.6) is 0 Å². The predicted molar refractivity (Wildman–Crippen MR) is 76.6 cm³/mol. The van der Waals surface area contributed by atoms with Gasteiger partial charge in [-0.05, 0) is 32.4 Å². The number of aryl methyl sites for hydroxylation is 1. The Morgan fingerprint density at radius 2 is 2.20 bits per heavy atom. The van der Waals surface area contributed by atoms with E-state index < -0.39 is 5.97 Å². The van der Waals surface area contributed by atoms with Crippen LogP contribution in [0.25, 0.3) is 11.0 Å². The summed E-state index contributed by atoms with van der Waals surface area (Å²) in [6.07, 6.45) is 2.81. The normalized spacial score (nSPS) is 20.4. The fourth-order valence-electron chi connectivity index (χ4n) is 3.08. The minimum atomic E-state index is -0.713. The van der Waals surface area contributed by atoms with Crippen molar-refractivity contribution in [1.82, 2.24) is 4.90 Å². The number of hydrogen-bond acceptors (Lipinski definition) is 3. The van der Waals surface area contributed by atoms with Crippen LogP contribution in [0.1, 0.15) is 30.6 Å². The van der Waals surface area contributed by atoms with Gasteiger partial charge in [0.2, 0.25) is 0 Å². The molecule has 1 fully saturated rings. The maximum absolute atomic E-state index is 11.4. The monoisotopic (exact) mass is 273 g/mol. The Balaban J connectivity index is 1.92. The van der Waals surface area contributed by atoms with Crippen molar-refractivity contribution in [3.8, 4) is 0 Å². The lowest BCUT2D eigenvalue weighted by Gasteiger charge is -2.32. The summed E-state index contributed by atoms with van der Waals surface area (Å²) in [4.78, 5) is 13.4. The topological polar surface area (TPSA) is 53.7 Å². The second kappa shape index (κ2) is 5.29. The Bertz CT molecular complexity index is 632. The van der Waals surface area contributed by atoms with Crippen molar-refractivity contribution >= 4 is 16.9 Å². The second-order valence-corrected chi connectivity index (χ2v) is 5.45. The third kappa shape index (κ3) is 2.31. The van der Waals surface area contributed by atoms with Gasteiger partial charge in [0.25, 0.3) is 0 Å². The van der Waals surface area contributed by atoms with Crippen molar-refractivity contribution in [2.45, 2.75) is 38.8 Å². The zero-order chi connectivity index (χ0) is 14.1. The van der Waals surface area contributed by atoms with Crippen LogP contribution in [-0.2, 0) is 11.3 Å². The number of likely N-dealkylation sites (tertiary alicyclic amines) is 1. The highest BCUT2D eigenvalue weighted by Crippen LogP contribution is 2.28. The average molecular weight is 273 g/mol. The molecule has 0 bridgehead atoms. The van der Waals surface area contributed by atoms with Gasteiger partial charge in [-0.15, -0.1) is 0 Å². The van der Waals surface area contributed by atoms with Crippen LogP contribution in [-0.4, -0.2) is 28.6 Å². The van der Waals surface area contributed by atoms with E-state index in [4.69, 9.17) is 4.42 Å². The molecule has 106 valence electrons. The lowest BCUT2D eigenvalue weighted by Crippen LogP contribution is -2.44. The zero-order valence-electron chi connectivity index (χ0n) is 11.6. The smallest absolute Gasteiger partial charge is 0.320 e. The summed E-state index contributed by atoms with van der Waals surface area (Å²) >= 11 is 0. The van der Waals surface area contributed by atoms with E-state index in [0.717, 1.165) is 48.1 Å². The molecule has 1 aromatic carbocycles. The summed E-state index contributed by atoms with van der Waals surface area (Å²) in [6.45, 7) is 3.45. The number of nitrogens with zero attached hydrogens (tertiary/aromatic N) is 1. The number of carboxylic acids is 1. The molecule has 0 radical (unpaired) electrons. The SMILES string of the molecule is Cc1oc2ccccc2c1CN1CCCCC1C(=O)O. The van der Waals surface area contributed by atoms with Gasteiger partial charge < -0.3 is 9.52 Å². The number of benzene rings is 1. The summed E-state index contributed by atoms with van der Waals surface area (Å²) in [6, 6.07) is 7.58. The molecular formula is C16H19NO3. The maximum atomic E-state index is 11.4. The Kier molecular flexibility index (Phi) is 3.49. The molecule has 4 nitrogen and oxygen atoms in total. The summed E-state index contributed by atoms with van der Waals surface area (Å²) in [7, 11) is 0. The highest BCUT2D eigenvalue weighted by Gasteiger charge is 2.29. The molecule has 0 saturated carbocycles. The van der Waals surface area contributed by atoms with Crippen LogP contribution >= 0.6 is 0 Å². The van der Waals surface area contributed by atoms with Crippen molar-refractivity contribution in [2.24, 2.45) is 0 Å². The molecule has 1 N–H and O–H groups in total. The molecule has 1 unspecified atom stereocenters. The molecular weight excluding hydrogens is 254 g/mol. The van der Waals surface area contributed by atoms with Crippen LogP contribution in [0.2, 0.25) is 0 Å². The number of piperidine rings is 1. The largest absolute Gasteiger partial charge is 0.480 e. The first kappa shape index (κ1) is 13.2. The van der Waals surface area contributed by atoms with Crippen LogP contribution in [0.3, 0.4) is 0 Å². The molecule has 1 aromatic heterocycles. The number of para-hydroxylation sites is 1. The molecule has 3 rings (SSSR count). The predicted octanol–water partition coefficient (Wildman–Crippen LogP) is 3.18. The molecule has 0 spiro atoms. The van der Waals surface area contributed by atoms with Gasteiger partial charge in [-0.2, -0.15) is 0 Å². The van der Waals surface area contributed by atoms with Gasteiger partial charge in [0.15, 0.2) is 0 Å². The molecule has 2 aromatic rings. The number of carboxylic acid groups (broad SMARTS) is 1. The Morgan fingerprint density at radius 1 is 1.40 bits per heavy atom. The molecule has 1 saturated heterocycles. The fraction of sp³-hybridized carbons (Fsp3) is 0.438. The summed E-state index contributed by atoms with van der Waals surface area (Å²) in [5, 5.41) is 10.5. The van der Waals surface area contributed by atoms with E-state index in [9.17, 15) is 9.90 Å². The lowest BCUT2D eigenvalue weighted by atomic mass is 10.0. The van der Waals surface area contributed by atoms with Crippen molar-refractivity contribution in [3.05, 3.63) is 35.6 Å². The van der Waals surface area contributed by atoms with E-state index in [1.807, 2.05) is 31.2 Å². The van der Waals surface area contributed by atoms with E-state index in [-0.39, 0.29) is 6.04 Å². The number of carbonyl (C=O) groups is 1. The van der Waals surface area contributed by atoms with Crippen molar-refractivity contribution < 1.29 is 14.3 Å². The van der Waals surface area contributed by atoms with Crippen molar-refractivity contribution in [2.75, 3.05) is 6.54 Å². The van der Waals surface area contributed by atoms with E-state index in [0.29, 0.717) is 6.54 Å². The quantitative estimate of drug-likeness (QED) is 0.933. The van der Waals surface area contributed by atoms with Crippen LogP contribution < -0.4 is 0 Å². The molecule has 1 aliphatic rings. The first-order chi connectivity index (χ1) is 9.66. The number of furan rings is 1. The summed E-state index contributed by atoms with van der Waals surface area (Å²) < 4.78 is 5.76. The van der Waals surface area contributed by atoms with Crippen LogP contribution in [0.4, 0.5) is 0 Å². The van der Waals surface area contributed by atoms with E-state index in [2.05, 4.69) is 4.90 Å². The van der Waals surface area contributed by atoms with E-state index in [1.54, 1.807) is 0 Å². The minimum Gasteiger partial charge on any atom is -0.480 e. The highest BCUT2D eigenvalue weighted by molar-refractivity contribution is 5.82. The number of rotatable bonds is 3. The Morgan fingerprint density at radius 3 is 3.00 bits per heavy atom. The molecule has 1 atom stereocenters. The van der Waals surface area contributed by atoms with Gasteiger partial charge in [0.1, 0.15) is 17.4 Å². The molecule has 0 aliphatic carbocycles. The molecule has 1 aliphatic heterocycles. The summed E-state index contributed by atoms with van der Waals surface area (Å²) in [5.41, 5.74) is 2.00. The number of fused-ring (bicyclic) bond motifs is 1. The highest BCUT2D eigenvalue weighted by atomic mass is 16.4. The minimum absolute atomic E-state index is 0.364. The Hall–Kier alpha value is -1.81. The molecule has 4 heteroatoms. The number of hydrogen-bond donors (Lipinski definition) is 1. The second-order valence-electron chi connectivity index (χ2n) is 5.45. The van der Waals surface area contributed by atoms with Gasteiger partial charge in [-0.3, -0.25) is 9.69 Å². The molecule has 20 heavy (non-hydrogen) atoms. The first-order valence-electron chi connectivity index (χ1n) is 7.10. The van der Waals surface area contributed by atoms with E-state index >= 15 is 0 Å². The summed E-state index contributed by atoms with van der Waals surface area (Å²) in [5.74, 6) is 0.177. The first-order valence-corrected chi connectivity index (χ1v) is 7.10. The lowest BCUT2D eigenvalue weighted by molar-refractivity contribution is -0.144. The third-order valence-electron chi connectivity index (χ3n) is 4.16. The van der Waals surface area contributed by atoms with Gasteiger partial charge in [-0.25, -0.2) is 0 Å². The van der Waals surface area contributed by atoms with Gasteiger partial charge in [-0.1, -0.05) is 24.6 Å². The van der Waals surface area contributed by atoms with E-state index in [1.165, 1.54) is 0 Å². The van der Waals surface area contributed by atoms with Gasteiger partial charge in [0, 0.05) is 17.5 Å². The standard InChI is InChI=1S/C16H19NO3/c1-11-13(12-6-2-3-8-15(12)20-11)10-17-9-5-4-7-14(17)16(18)19/h2-3,6,8,14H,4-5,7,9-10H2,1H3,(H,18,19).